The fraction of sp³-hybridized carbons (Fsp3) is 0.267. The largest absolute Gasteiger partial charge is 0.364 e. The van der Waals surface area contributed by atoms with Crippen molar-refractivity contribution in [2.45, 2.75) is 26.3 Å². The standard InChI is InChI=1S/C15H16ClN5/c1-10(2)11-3-4-15-20-12(8-21(15)7-11)6-17-14-5-13(16)18-9-19-14/h3-5,7-10H,6H2,1-2H3,(H,17,18,19). The van der Waals surface area contributed by atoms with Gasteiger partial charge in [-0.1, -0.05) is 31.5 Å². The average Bonchev–Trinajstić information content (AvgIpc) is 2.87. The predicted octanol–water partition coefficient (Wildman–Crippen LogP) is 3.51. The molecule has 3 aromatic heterocycles. The molecule has 0 aromatic carbocycles. The lowest BCUT2D eigenvalue weighted by Gasteiger charge is -2.04. The molecule has 3 aromatic rings. The van der Waals surface area contributed by atoms with Gasteiger partial charge in [0.2, 0.25) is 0 Å². The van der Waals surface area contributed by atoms with Crippen molar-refractivity contribution in [2.24, 2.45) is 0 Å². The van der Waals surface area contributed by atoms with Gasteiger partial charge >= 0.3 is 0 Å². The molecule has 0 spiro atoms. The molecule has 3 heterocycles. The molecule has 5 nitrogen and oxygen atoms in total. The lowest BCUT2D eigenvalue weighted by molar-refractivity contribution is 0.853. The molecule has 0 aliphatic heterocycles. The van der Waals surface area contributed by atoms with Crippen molar-refractivity contribution in [2.75, 3.05) is 5.32 Å². The third-order valence-electron chi connectivity index (χ3n) is 3.27. The van der Waals surface area contributed by atoms with Crippen LogP contribution in [-0.4, -0.2) is 19.4 Å². The molecular formula is C15H16ClN5. The Morgan fingerprint density at radius 3 is 2.86 bits per heavy atom. The Hall–Kier alpha value is -2.14. The molecule has 0 aliphatic rings. The molecular weight excluding hydrogens is 286 g/mol. The van der Waals surface area contributed by atoms with E-state index in [-0.39, 0.29) is 0 Å². The van der Waals surface area contributed by atoms with Gasteiger partial charge in [0.1, 0.15) is 22.9 Å². The second-order valence-electron chi connectivity index (χ2n) is 5.19. The molecule has 0 atom stereocenters. The second kappa shape index (κ2) is 5.69. The quantitative estimate of drug-likeness (QED) is 0.749. The van der Waals surface area contributed by atoms with Gasteiger partial charge in [0, 0.05) is 18.5 Å². The highest BCUT2D eigenvalue weighted by Crippen LogP contribution is 2.16. The number of halogens is 1. The molecule has 3 rings (SSSR count). The molecule has 0 amide bonds. The first-order valence-electron chi connectivity index (χ1n) is 6.81. The van der Waals surface area contributed by atoms with Gasteiger partial charge in [-0.2, -0.15) is 0 Å². The van der Waals surface area contributed by atoms with Crippen LogP contribution in [0.4, 0.5) is 5.82 Å². The van der Waals surface area contributed by atoms with E-state index >= 15 is 0 Å². The SMILES string of the molecule is CC(C)c1ccc2nc(CNc3cc(Cl)ncn3)cn2c1. The third kappa shape index (κ3) is 3.13. The summed E-state index contributed by atoms with van der Waals surface area (Å²) in [6.07, 6.45) is 5.58. The van der Waals surface area contributed by atoms with E-state index in [9.17, 15) is 0 Å². The van der Waals surface area contributed by atoms with Gasteiger partial charge in [-0.25, -0.2) is 15.0 Å². The van der Waals surface area contributed by atoms with Gasteiger partial charge in [0.25, 0.3) is 0 Å². The highest BCUT2D eigenvalue weighted by Gasteiger charge is 2.05. The smallest absolute Gasteiger partial charge is 0.137 e. The zero-order valence-electron chi connectivity index (χ0n) is 11.9. The van der Waals surface area contributed by atoms with E-state index in [0.717, 1.165) is 11.3 Å². The van der Waals surface area contributed by atoms with Crippen molar-refractivity contribution in [1.29, 1.82) is 0 Å². The molecule has 0 fully saturated rings. The number of hydrogen-bond acceptors (Lipinski definition) is 4. The van der Waals surface area contributed by atoms with Crippen LogP contribution >= 0.6 is 11.6 Å². The van der Waals surface area contributed by atoms with Crippen LogP contribution in [0.5, 0.6) is 0 Å². The number of nitrogens with zero attached hydrogens (tertiary/aromatic N) is 4. The van der Waals surface area contributed by atoms with Crippen LogP contribution in [0.15, 0.2) is 36.9 Å². The van der Waals surface area contributed by atoms with Crippen LogP contribution in [0.2, 0.25) is 5.15 Å². The van der Waals surface area contributed by atoms with E-state index in [0.29, 0.717) is 23.4 Å². The predicted molar refractivity (Wildman–Crippen MR) is 83.6 cm³/mol. The molecule has 0 saturated heterocycles. The molecule has 6 heteroatoms. The fourth-order valence-corrected chi connectivity index (χ4v) is 2.25. The summed E-state index contributed by atoms with van der Waals surface area (Å²) in [5.41, 5.74) is 3.18. The fourth-order valence-electron chi connectivity index (χ4n) is 2.10. The van der Waals surface area contributed by atoms with E-state index in [2.05, 4.69) is 50.8 Å². The Labute approximate surface area is 128 Å². The molecule has 0 radical (unpaired) electrons. The number of aromatic nitrogens is 4. The van der Waals surface area contributed by atoms with E-state index in [1.54, 1.807) is 6.07 Å². The third-order valence-corrected chi connectivity index (χ3v) is 3.48. The number of fused-ring (bicyclic) bond motifs is 1. The molecule has 0 saturated carbocycles. The zero-order valence-corrected chi connectivity index (χ0v) is 12.7. The normalized spacial score (nSPS) is 11.2. The highest BCUT2D eigenvalue weighted by atomic mass is 35.5. The van der Waals surface area contributed by atoms with Crippen molar-refractivity contribution in [1.82, 2.24) is 19.4 Å². The second-order valence-corrected chi connectivity index (χ2v) is 5.58. The lowest BCUT2D eigenvalue weighted by Crippen LogP contribution is -2.01. The summed E-state index contributed by atoms with van der Waals surface area (Å²) in [6.45, 7) is 4.95. The van der Waals surface area contributed by atoms with Crippen molar-refractivity contribution in [3.8, 4) is 0 Å². The van der Waals surface area contributed by atoms with Gasteiger partial charge in [0.05, 0.1) is 12.2 Å². The van der Waals surface area contributed by atoms with Crippen LogP contribution in [0.1, 0.15) is 31.0 Å². The number of nitrogens with one attached hydrogen (secondary N) is 1. The van der Waals surface area contributed by atoms with Gasteiger partial charge in [-0.05, 0) is 17.5 Å². The molecule has 108 valence electrons. The van der Waals surface area contributed by atoms with E-state index in [1.807, 2.05) is 12.3 Å². The molecule has 0 aliphatic carbocycles. The summed E-state index contributed by atoms with van der Waals surface area (Å²) in [5.74, 6) is 1.19. The molecule has 0 bridgehead atoms. The zero-order chi connectivity index (χ0) is 14.8. The summed E-state index contributed by atoms with van der Waals surface area (Å²) >= 11 is 5.83. The summed E-state index contributed by atoms with van der Waals surface area (Å²) in [7, 11) is 0. The van der Waals surface area contributed by atoms with Gasteiger partial charge < -0.3 is 9.72 Å². The van der Waals surface area contributed by atoms with Gasteiger partial charge in [0.15, 0.2) is 0 Å². The molecule has 21 heavy (non-hydrogen) atoms. The summed E-state index contributed by atoms with van der Waals surface area (Å²) < 4.78 is 2.05. The molecule has 1 N–H and O–H groups in total. The van der Waals surface area contributed by atoms with E-state index in [1.165, 1.54) is 11.9 Å². The first-order chi connectivity index (χ1) is 10.1. The number of imidazole rings is 1. The van der Waals surface area contributed by atoms with Crippen molar-refractivity contribution >= 4 is 23.1 Å². The first-order valence-corrected chi connectivity index (χ1v) is 7.18. The summed E-state index contributed by atoms with van der Waals surface area (Å²) in [6, 6.07) is 5.85. The first kappa shape index (κ1) is 13.8. The van der Waals surface area contributed by atoms with Crippen molar-refractivity contribution in [3.05, 3.63) is 53.3 Å². The van der Waals surface area contributed by atoms with Gasteiger partial charge in [-0.3, -0.25) is 0 Å². The van der Waals surface area contributed by atoms with E-state index < -0.39 is 0 Å². The minimum atomic E-state index is 0.420. The minimum Gasteiger partial charge on any atom is -0.364 e. The molecule has 0 unspecified atom stereocenters. The van der Waals surface area contributed by atoms with Crippen LogP contribution in [0.25, 0.3) is 5.65 Å². The van der Waals surface area contributed by atoms with Gasteiger partial charge in [-0.15, -0.1) is 0 Å². The van der Waals surface area contributed by atoms with Crippen LogP contribution in [-0.2, 0) is 6.54 Å². The van der Waals surface area contributed by atoms with Crippen molar-refractivity contribution < 1.29 is 0 Å². The summed E-state index contributed by atoms with van der Waals surface area (Å²) in [4.78, 5) is 12.5. The van der Waals surface area contributed by atoms with Crippen LogP contribution in [0.3, 0.4) is 0 Å². The summed E-state index contributed by atoms with van der Waals surface area (Å²) in [5, 5.41) is 3.61. The maximum atomic E-state index is 5.83. The highest BCUT2D eigenvalue weighted by molar-refractivity contribution is 6.29. The number of anilines is 1. The maximum absolute atomic E-state index is 5.83. The Morgan fingerprint density at radius 2 is 2.10 bits per heavy atom. The minimum absolute atomic E-state index is 0.420. The maximum Gasteiger partial charge on any atom is 0.137 e. The van der Waals surface area contributed by atoms with Crippen molar-refractivity contribution in [3.63, 3.8) is 0 Å². The number of hydrogen-bond donors (Lipinski definition) is 1. The van der Waals surface area contributed by atoms with Crippen LogP contribution in [0, 0.1) is 0 Å². The number of rotatable bonds is 4. The Balaban J connectivity index is 1.78. The Bertz CT molecular complexity index is 766. The Kier molecular flexibility index (Phi) is 3.75. The lowest BCUT2D eigenvalue weighted by atomic mass is 10.1. The monoisotopic (exact) mass is 301 g/mol. The van der Waals surface area contributed by atoms with Crippen LogP contribution < -0.4 is 5.32 Å². The number of pyridine rings is 1. The topological polar surface area (TPSA) is 55.1 Å². The van der Waals surface area contributed by atoms with E-state index in [4.69, 9.17) is 11.6 Å². The Morgan fingerprint density at radius 1 is 1.24 bits per heavy atom. The average molecular weight is 302 g/mol.